The highest BCUT2D eigenvalue weighted by Gasteiger charge is 2.20. The Balaban J connectivity index is 2.57. The van der Waals surface area contributed by atoms with Crippen LogP contribution < -0.4 is 0 Å². The highest BCUT2D eigenvalue weighted by atomic mass is 16.3. The third kappa shape index (κ3) is 1.27. The van der Waals surface area contributed by atoms with Gasteiger partial charge in [-0.05, 0) is 18.9 Å². The molecule has 0 aliphatic rings. The minimum Gasteiger partial charge on any atom is -0.454 e. The fourth-order valence-electron chi connectivity index (χ4n) is 2.73. The third-order valence-corrected chi connectivity index (χ3v) is 3.59. The molecule has 1 aromatic carbocycles. The number of fused-ring (bicyclic) bond motifs is 3. The molecule has 0 fully saturated rings. The van der Waals surface area contributed by atoms with Crippen molar-refractivity contribution < 1.29 is 4.42 Å². The SMILES string of the molecule is Cc1c2oc3ccccc3c2c(C(C)C)n1C. The van der Waals surface area contributed by atoms with E-state index in [9.17, 15) is 0 Å². The normalized spacial score (nSPS) is 12.1. The second kappa shape index (κ2) is 3.39. The summed E-state index contributed by atoms with van der Waals surface area (Å²) in [4.78, 5) is 0. The minimum absolute atomic E-state index is 0.497. The molecule has 0 radical (unpaired) electrons. The number of hydrogen-bond acceptors (Lipinski definition) is 1. The maximum atomic E-state index is 5.97. The Morgan fingerprint density at radius 1 is 1.18 bits per heavy atom. The summed E-state index contributed by atoms with van der Waals surface area (Å²) in [5, 5.41) is 2.52. The van der Waals surface area contributed by atoms with E-state index < -0.39 is 0 Å². The van der Waals surface area contributed by atoms with Gasteiger partial charge in [0.05, 0.1) is 5.69 Å². The predicted molar refractivity (Wildman–Crippen MR) is 71.5 cm³/mol. The van der Waals surface area contributed by atoms with Gasteiger partial charge in [-0.2, -0.15) is 0 Å². The molecule has 3 rings (SSSR count). The molecular formula is C15H17NO. The molecule has 0 amide bonds. The van der Waals surface area contributed by atoms with Crippen molar-refractivity contribution in [2.24, 2.45) is 7.05 Å². The zero-order valence-electron chi connectivity index (χ0n) is 10.7. The molecule has 0 atom stereocenters. The lowest BCUT2D eigenvalue weighted by molar-refractivity contribution is 0.657. The Morgan fingerprint density at radius 2 is 1.88 bits per heavy atom. The van der Waals surface area contributed by atoms with Crippen molar-refractivity contribution in [1.29, 1.82) is 0 Å². The predicted octanol–water partition coefficient (Wildman–Crippen LogP) is 4.36. The van der Waals surface area contributed by atoms with E-state index >= 15 is 0 Å². The van der Waals surface area contributed by atoms with Crippen molar-refractivity contribution >= 4 is 21.9 Å². The highest BCUT2D eigenvalue weighted by Crippen LogP contribution is 2.37. The molecule has 0 unspecified atom stereocenters. The Bertz CT molecular complexity index is 700. The van der Waals surface area contributed by atoms with Crippen LogP contribution in [0.5, 0.6) is 0 Å². The Morgan fingerprint density at radius 3 is 2.59 bits per heavy atom. The smallest absolute Gasteiger partial charge is 0.156 e. The molecule has 0 aliphatic carbocycles. The fourth-order valence-corrected chi connectivity index (χ4v) is 2.73. The summed E-state index contributed by atoms with van der Waals surface area (Å²) in [5.41, 5.74) is 4.60. The van der Waals surface area contributed by atoms with Crippen LogP contribution in [0.4, 0.5) is 0 Å². The van der Waals surface area contributed by atoms with Crippen molar-refractivity contribution in [2.75, 3.05) is 0 Å². The first-order chi connectivity index (χ1) is 8.11. The summed E-state index contributed by atoms with van der Waals surface area (Å²) in [6.45, 7) is 6.59. The topological polar surface area (TPSA) is 18.1 Å². The van der Waals surface area contributed by atoms with Crippen LogP contribution in [0.2, 0.25) is 0 Å². The first-order valence-electron chi connectivity index (χ1n) is 6.07. The summed E-state index contributed by atoms with van der Waals surface area (Å²) >= 11 is 0. The Hall–Kier alpha value is -1.70. The summed E-state index contributed by atoms with van der Waals surface area (Å²) in [6, 6.07) is 8.28. The van der Waals surface area contributed by atoms with Crippen molar-refractivity contribution in [1.82, 2.24) is 4.57 Å². The molecule has 0 saturated heterocycles. The van der Waals surface area contributed by atoms with Gasteiger partial charge >= 0.3 is 0 Å². The number of furan rings is 1. The van der Waals surface area contributed by atoms with E-state index in [-0.39, 0.29) is 0 Å². The van der Waals surface area contributed by atoms with Gasteiger partial charge in [-0.1, -0.05) is 32.0 Å². The molecular weight excluding hydrogens is 210 g/mol. The van der Waals surface area contributed by atoms with Crippen LogP contribution in [0, 0.1) is 6.92 Å². The molecule has 2 nitrogen and oxygen atoms in total. The lowest BCUT2D eigenvalue weighted by atomic mass is 10.1. The lowest BCUT2D eigenvalue weighted by Gasteiger charge is -2.08. The molecule has 0 saturated carbocycles. The standard InChI is InChI=1S/C15H17NO/c1-9(2)14-13-11-7-5-6-8-12(11)17-15(13)10(3)16(14)4/h5-9H,1-4H3. The summed E-state index contributed by atoms with van der Waals surface area (Å²) in [7, 11) is 2.12. The first-order valence-corrected chi connectivity index (χ1v) is 6.07. The van der Waals surface area contributed by atoms with E-state index in [0.29, 0.717) is 5.92 Å². The molecule has 2 aromatic heterocycles. The van der Waals surface area contributed by atoms with Crippen LogP contribution >= 0.6 is 0 Å². The molecule has 2 heteroatoms. The largest absolute Gasteiger partial charge is 0.454 e. The summed E-state index contributed by atoms with van der Waals surface area (Å²) < 4.78 is 8.23. The maximum absolute atomic E-state index is 5.97. The van der Waals surface area contributed by atoms with Crippen molar-refractivity contribution in [3.63, 3.8) is 0 Å². The molecule has 17 heavy (non-hydrogen) atoms. The van der Waals surface area contributed by atoms with Crippen LogP contribution in [0.1, 0.15) is 31.2 Å². The van der Waals surface area contributed by atoms with E-state index in [1.165, 1.54) is 22.2 Å². The average Bonchev–Trinajstić information content (AvgIpc) is 2.77. The number of para-hydroxylation sites is 1. The Labute approximate surface area is 101 Å². The molecule has 2 heterocycles. The van der Waals surface area contributed by atoms with Crippen molar-refractivity contribution in [3.8, 4) is 0 Å². The molecule has 0 bridgehead atoms. The van der Waals surface area contributed by atoms with Crippen LogP contribution in [0.25, 0.3) is 21.9 Å². The number of aromatic nitrogens is 1. The first kappa shape index (κ1) is 10.5. The van der Waals surface area contributed by atoms with E-state index in [1.807, 2.05) is 12.1 Å². The zero-order chi connectivity index (χ0) is 12.2. The highest BCUT2D eigenvalue weighted by molar-refractivity contribution is 6.07. The van der Waals surface area contributed by atoms with Gasteiger partial charge < -0.3 is 8.98 Å². The molecule has 88 valence electrons. The summed E-state index contributed by atoms with van der Waals surface area (Å²) in [6.07, 6.45) is 0. The Kier molecular flexibility index (Phi) is 2.09. The summed E-state index contributed by atoms with van der Waals surface area (Å²) in [5.74, 6) is 0.497. The molecule has 0 N–H and O–H groups in total. The van der Waals surface area contributed by atoms with E-state index in [4.69, 9.17) is 4.42 Å². The second-order valence-electron chi connectivity index (χ2n) is 4.99. The van der Waals surface area contributed by atoms with Gasteiger partial charge in [0.15, 0.2) is 5.58 Å². The van der Waals surface area contributed by atoms with E-state index in [1.54, 1.807) is 0 Å². The van der Waals surface area contributed by atoms with Gasteiger partial charge in [0.1, 0.15) is 5.58 Å². The number of rotatable bonds is 1. The van der Waals surface area contributed by atoms with Gasteiger partial charge in [-0.3, -0.25) is 0 Å². The van der Waals surface area contributed by atoms with Gasteiger partial charge in [0.25, 0.3) is 0 Å². The molecule has 0 spiro atoms. The lowest BCUT2D eigenvalue weighted by Crippen LogP contribution is -2.00. The number of nitrogens with zero attached hydrogens (tertiary/aromatic N) is 1. The number of benzene rings is 1. The number of hydrogen-bond donors (Lipinski definition) is 0. The monoisotopic (exact) mass is 227 g/mol. The van der Waals surface area contributed by atoms with Gasteiger partial charge in [0.2, 0.25) is 0 Å². The van der Waals surface area contributed by atoms with Gasteiger partial charge in [0, 0.05) is 23.5 Å². The molecule has 0 aliphatic heterocycles. The average molecular weight is 227 g/mol. The van der Waals surface area contributed by atoms with Gasteiger partial charge in [-0.25, -0.2) is 0 Å². The zero-order valence-corrected chi connectivity index (χ0v) is 10.7. The fraction of sp³-hybridized carbons (Fsp3) is 0.333. The quantitative estimate of drug-likeness (QED) is 0.604. The van der Waals surface area contributed by atoms with Crippen LogP contribution in [-0.2, 0) is 7.05 Å². The van der Waals surface area contributed by atoms with E-state index in [2.05, 4.69) is 44.5 Å². The van der Waals surface area contributed by atoms with Crippen molar-refractivity contribution in [2.45, 2.75) is 26.7 Å². The number of aryl methyl sites for hydroxylation is 1. The maximum Gasteiger partial charge on any atom is 0.156 e. The van der Waals surface area contributed by atoms with E-state index in [0.717, 1.165) is 11.2 Å². The third-order valence-electron chi connectivity index (χ3n) is 3.59. The van der Waals surface area contributed by atoms with Crippen LogP contribution in [0.15, 0.2) is 28.7 Å². The minimum atomic E-state index is 0.497. The molecule has 3 aromatic rings. The van der Waals surface area contributed by atoms with Crippen molar-refractivity contribution in [3.05, 3.63) is 35.7 Å². The second-order valence-corrected chi connectivity index (χ2v) is 4.99. The van der Waals surface area contributed by atoms with Crippen LogP contribution in [-0.4, -0.2) is 4.57 Å². The van der Waals surface area contributed by atoms with Gasteiger partial charge in [-0.15, -0.1) is 0 Å². The van der Waals surface area contributed by atoms with Crippen LogP contribution in [0.3, 0.4) is 0 Å².